The van der Waals surface area contributed by atoms with E-state index in [1.54, 1.807) is 37.2 Å². The molecular formula is C25H25ClF3N3O4. The van der Waals surface area contributed by atoms with Gasteiger partial charge >= 0.3 is 12.1 Å². The van der Waals surface area contributed by atoms with Gasteiger partial charge in [-0.25, -0.2) is 0 Å². The summed E-state index contributed by atoms with van der Waals surface area (Å²) >= 11 is 0. The molecule has 1 saturated heterocycles. The van der Waals surface area contributed by atoms with Gasteiger partial charge in [-0.2, -0.15) is 13.2 Å². The lowest BCUT2D eigenvalue weighted by molar-refractivity contribution is -0.145. The summed E-state index contributed by atoms with van der Waals surface area (Å²) in [6, 6.07) is 11.1. The molecule has 1 aromatic heterocycles. The van der Waals surface area contributed by atoms with Crippen LogP contribution < -0.4 is 10.9 Å². The van der Waals surface area contributed by atoms with Crippen molar-refractivity contribution in [3.05, 3.63) is 70.0 Å². The molecule has 0 radical (unpaired) electrons. The lowest BCUT2D eigenvalue weighted by atomic mass is 9.93. The number of H-pyrrole nitrogens is 1. The number of hydrogen-bond donors (Lipinski definition) is 2. The summed E-state index contributed by atoms with van der Waals surface area (Å²) in [4.78, 5) is 41.3. The van der Waals surface area contributed by atoms with Gasteiger partial charge in [0.15, 0.2) is 0 Å². The van der Waals surface area contributed by atoms with Crippen LogP contribution in [0.25, 0.3) is 22.0 Å². The second-order valence-corrected chi connectivity index (χ2v) is 8.82. The van der Waals surface area contributed by atoms with Crippen molar-refractivity contribution >= 4 is 35.1 Å². The van der Waals surface area contributed by atoms with Crippen LogP contribution in [0.15, 0.2) is 53.3 Å². The zero-order chi connectivity index (χ0) is 25.3. The van der Waals surface area contributed by atoms with Crippen molar-refractivity contribution in [2.75, 3.05) is 27.2 Å². The van der Waals surface area contributed by atoms with Crippen molar-refractivity contribution in [1.29, 1.82) is 0 Å². The van der Waals surface area contributed by atoms with Crippen molar-refractivity contribution in [1.82, 2.24) is 15.2 Å². The number of carbonyl (C=O) groups excluding carboxylic acids is 2. The third-order valence-corrected chi connectivity index (χ3v) is 5.87. The second-order valence-electron chi connectivity index (χ2n) is 8.82. The number of aromatic amines is 1. The number of halogens is 4. The van der Waals surface area contributed by atoms with E-state index in [2.05, 4.69) is 10.3 Å². The number of pyridine rings is 1. The molecule has 2 N–H and O–H groups in total. The number of esters is 1. The first kappa shape index (κ1) is 27.2. The highest BCUT2D eigenvalue weighted by Gasteiger charge is 2.35. The third kappa shape index (κ3) is 5.88. The van der Waals surface area contributed by atoms with Gasteiger partial charge in [-0.05, 0) is 49.7 Å². The Morgan fingerprint density at radius 2 is 1.83 bits per heavy atom. The molecule has 11 heteroatoms. The molecule has 1 aliphatic rings. The largest absolute Gasteiger partial charge is 0.463 e. The topological polar surface area (TPSA) is 91.5 Å². The van der Waals surface area contributed by atoms with Crippen LogP contribution >= 0.6 is 12.4 Å². The fourth-order valence-corrected chi connectivity index (χ4v) is 4.25. The normalized spacial score (nSPS) is 17.7. The minimum absolute atomic E-state index is 0. The zero-order valence-corrected chi connectivity index (χ0v) is 20.3. The molecule has 1 aliphatic heterocycles. The number of carbonyl (C=O) groups is 2. The molecule has 4 rings (SSSR count). The molecule has 1 amide bonds. The molecule has 1 unspecified atom stereocenters. The number of fused-ring (bicyclic) bond motifs is 1. The van der Waals surface area contributed by atoms with E-state index in [-0.39, 0.29) is 54.2 Å². The fourth-order valence-electron chi connectivity index (χ4n) is 4.25. The molecule has 0 bridgehead atoms. The van der Waals surface area contributed by atoms with E-state index in [0.717, 1.165) is 6.07 Å². The van der Waals surface area contributed by atoms with E-state index >= 15 is 0 Å². The van der Waals surface area contributed by atoms with E-state index in [1.165, 1.54) is 24.3 Å². The Hall–Kier alpha value is -3.37. The molecule has 0 aliphatic carbocycles. The number of aromatic nitrogens is 1. The Morgan fingerprint density at radius 1 is 1.11 bits per heavy atom. The standard InChI is InChI=1S/C25H24F3N3O4.ClH/c1-31(2)12-22(32)35-13-16-11-19(23(33)29-16)14-7-8-15-10-21(30-24(34)18(15)9-14)17-5-3-4-6-20(17)25(26,27)28;/h3-10,16,19H,11-13H2,1-2H3,(H,29,33)(H,30,34);1H/t16?,19-;/m0./s1. The molecule has 1 fully saturated rings. The maximum absolute atomic E-state index is 13.4. The highest BCUT2D eigenvalue weighted by atomic mass is 35.5. The molecule has 0 saturated carbocycles. The summed E-state index contributed by atoms with van der Waals surface area (Å²) < 4.78 is 45.5. The van der Waals surface area contributed by atoms with Crippen LogP contribution in [0.4, 0.5) is 13.2 Å². The monoisotopic (exact) mass is 523 g/mol. The molecule has 2 heterocycles. The first-order valence-electron chi connectivity index (χ1n) is 11.0. The van der Waals surface area contributed by atoms with Crippen molar-refractivity contribution in [3.63, 3.8) is 0 Å². The van der Waals surface area contributed by atoms with E-state index in [0.29, 0.717) is 17.4 Å². The SMILES string of the molecule is CN(C)CC(=O)OCC1C[C@@H](c2ccc3cc(-c4ccccc4C(F)(F)F)[nH]c(=O)c3c2)C(=O)N1.Cl. The summed E-state index contributed by atoms with van der Waals surface area (Å²) in [5.74, 6) is -1.18. The maximum Gasteiger partial charge on any atom is 0.417 e. The minimum atomic E-state index is -4.57. The molecule has 192 valence electrons. The highest BCUT2D eigenvalue weighted by molar-refractivity contribution is 5.90. The van der Waals surface area contributed by atoms with E-state index in [9.17, 15) is 27.6 Å². The van der Waals surface area contributed by atoms with Crippen molar-refractivity contribution in [3.8, 4) is 11.3 Å². The van der Waals surface area contributed by atoms with Gasteiger partial charge in [0.2, 0.25) is 5.91 Å². The summed E-state index contributed by atoms with van der Waals surface area (Å²) in [5, 5.41) is 3.53. The second kappa shape index (κ2) is 10.7. The molecule has 7 nitrogen and oxygen atoms in total. The predicted molar refractivity (Wildman–Crippen MR) is 131 cm³/mol. The van der Waals surface area contributed by atoms with Gasteiger partial charge < -0.3 is 15.0 Å². The van der Waals surface area contributed by atoms with Gasteiger partial charge in [0.25, 0.3) is 5.56 Å². The Bertz CT molecular complexity index is 1340. The molecule has 2 aromatic carbocycles. The van der Waals surface area contributed by atoms with Crippen molar-refractivity contribution in [2.45, 2.75) is 24.6 Å². The Kier molecular flexibility index (Phi) is 8.10. The van der Waals surface area contributed by atoms with Crippen LogP contribution in [0.2, 0.25) is 0 Å². The average Bonchev–Trinajstić information content (AvgIpc) is 3.17. The highest BCUT2D eigenvalue weighted by Crippen LogP contribution is 2.37. The van der Waals surface area contributed by atoms with Crippen LogP contribution in [0.5, 0.6) is 0 Å². The van der Waals surface area contributed by atoms with Gasteiger partial charge in [-0.3, -0.25) is 19.3 Å². The Labute approximate surface area is 211 Å². The number of nitrogens with zero attached hydrogens (tertiary/aromatic N) is 1. The number of hydrogen-bond acceptors (Lipinski definition) is 5. The van der Waals surface area contributed by atoms with Gasteiger partial charge in [-0.1, -0.05) is 30.3 Å². The lowest BCUT2D eigenvalue weighted by Gasteiger charge is -2.14. The van der Waals surface area contributed by atoms with Crippen LogP contribution in [0, 0.1) is 0 Å². The van der Waals surface area contributed by atoms with E-state index in [4.69, 9.17) is 4.74 Å². The Balaban J connectivity index is 0.00000361. The molecule has 3 aromatic rings. The smallest absolute Gasteiger partial charge is 0.417 e. The zero-order valence-electron chi connectivity index (χ0n) is 19.5. The summed E-state index contributed by atoms with van der Waals surface area (Å²) in [7, 11) is 3.49. The lowest BCUT2D eigenvalue weighted by Crippen LogP contribution is -2.33. The van der Waals surface area contributed by atoms with Crippen LogP contribution in [-0.2, 0) is 20.5 Å². The van der Waals surface area contributed by atoms with Crippen molar-refractivity contribution < 1.29 is 27.5 Å². The van der Waals surface area contributed by atoms with Gasteiger partial charge in [0.05, 0.1) is 24.1 Å². The molecule has 0 spiro atoms. The fraction of sp³-hybridized carbons (Fsp3) is 0.320. The maximum atomic E-state index is 13.4. The quantitative estimate of drug-likeness (QED) is 0.481. The molecule has 2 atom stereocenters. The van der Waals surface area contributed by atoms with Gasteiger partial charge in [-0.15, -0.1) is 12.4 Å². The predicted octanol–water partition coefficient (Wildman–Crippen LogP) is 3.71. The van der Waals surface area contributed by atoms with E-state index in [1.807, 2.05) is 0 Å². The summed E-state index contributed by atoms with van der Waals surface area (Å²) in [6.07, 6.45) is -4.19. The Morgan fingerprint density at radius 3 is 2.53 bits per heavy atom. The number of ether oxygens (including phenoxy) is 1. The number of rotatable bonds is 6. The number of amides is 1. The molecular weight excluding hydrogens is 499 g/mol. The number of alkyl halides is 3. The minimum Gasteiger partial charge on any atom is -0.463 e. The van der Waals surface area contributed by atoms with Gasteiger partial charge in [0, 0.05) is 16.6 Å². The summed E-state index contributed by atoms with van der Waals surface area (Å²) in [6.45, 7) is 0.179. The van der Waals surface area contributed by atoms with Crippen LogP contribution in [0.1, 0.15) is 23.5 Å². The number of likely N-dealkylation sites (N-methyl/N-ethyl adjacent to an activating group) is 1. The summed E-state index contributed by atoms with van der Waals surface area (Å²) in [5.41, 5.74) is -0.854. The van der Waals surface area contributed by atoms with Crippen LogP contribution in [-0.4, -0.2) is 55.0 Å². The first-order valence-corrected chi connectivity index (χ1v) is 11.0. The number of nitrogens with one attached hydrogen (secondary N) is 2. The van der Waals surface area contributed by atoms with Crippen molar-refractivity contribution in [2.24, 2.45) is 0 Å². The van der Waals surface area contributed by atoms with Gasteiger partial charge in [0.1, 0.15) is 6.61 Å². The number of benzene rings is 2. The first-order chi connectivity index (χ1) is 16.5. The average molecular weight is 524 g/mol. The van der Waals surface area contributed by atoms with Crippen LogP contribution in [0.3, 0.4) is 0 Å². The molecule has 36 heavy (non-hydrogen) atoms. The van der Waals surface area contributed by atoms with E-state index < -0.39 is 29.2 Å². The third-order valence-electron chi connectivity index (χ3n) is 5.87.